The summed E-state index contributed by atoms with van der Waals surface area (Å²) in [5.41, 5.74) is 8.36. The van der Waals surface area contributed by atoms with Gasteiger partial charge < -0.3 is 10.8 Å². The molecular weight excluding hydrogens is 210 g/mol. The van der Waals surface area contributed by atoms with Gasteiger partial charge in [-0.2, -0.15) is 0 Å². The van der Waals surface area contributed by atoms with E-state index in [1.54, 1.807) is 0 Å². The van der Waals surface area contributed by atoms with Crippen molar-refractivity contribution >= 4 is 0 Å². The highest BCUT2D eigenvalue weighted by Crippen LogP contribution is 2.23. The summed E-state index contributed by atoms with van der Waals surface area (Å²) in [6, 6.07) is 8.85. The van der Waals surface area contributed by atoms with E-state index in [9.17, 15) is 0 Å². The van der Waals surface area contributed by atoms with Crippen LogP contribution in [0.1, 0.15) is 43.7 Å². The largest absolute Gasteiger partial charge is 0.396 e. The normalized spacial score (nSPS) is 14.6. The first-order valence-electron chi connectivity index (χ1n) is 6.61. The third-order valence-electron chi connectivity index (χ3n) is 3.37. The lowest BCUT2D eigenvalue weighted by Crippen LogP contribution is -2.20. The van der Waals surface area contributed by atoms with Gasteiger partial charge in [0.25, 0.3) is 0 Å². The number of aryl methyl sites for hydroxylation is 1. The summed E-state index contributed by atoms with van der Waals surface area (Å²) >= 11 is 0. The summed E-state index contributed by atoms with van der Waals surface area (Å²) < 4.78 is 0. The summed E-state index contributed by atoms with van der Waals surface area (Å²) in [5, 5.41) is 9.16. The number of aliphatic hydroxyl groups is 1. The molecule has 2 atom stereocenters. The van der Waals surface area contributed by atoms with Crippen LogP contribution in [-0.2, 0) is 6.42 Å². The van der Waals surface area contributed by atoms with E-state index < -0.39 is 0 Å². The number of hydrogen-bond donors (Lipinski definition) is 2. The number of aliphatic hydroxyl groups excluding tert-OH is 1. The van der Waals surface area contributed by atoms with Gasteiger partial charge >= 0.3 is 0 Å². The molecule has 17 heavy (non-hydrogen) atoms. The van der Waals surface area contributed by atoms with E-state index in [1.807, 2.05) is 0 Å². The maximum atomic E-state index is 9.16. The lowest BCUT2D eigenvalue weighted by Gasteiger charge is -2.18. The first-order chi connectivity index (χ1) is 8.21. The van der Waals surface area contributed by atoms with E-state index in [4.69, 9.17) is 10.8 Å². The smallest absolute Gasteiger partial charge is 0.0471 e. The molecule has 0 amide bonds. The van der Waals surface area contributed by atoms with E-state index in [-0.39, 0.29) is 12.5 Å². The summed E-state index contributed by atoms with van der Waals surface area (Å²) in [7, 11) is 0. The second kappa shape index (κ2) is 7.46. The molecule has 0 fully saturated rings. The molecule has 0 aromatic heterocycles. The van der Waals surface area contributed by atoms with Crippen LogP contribution < -0.4 is 5.73 Å². The highest BCUT2D eigenvalue weighted by atomic mass is 16.3. The Morgan fingerprint density at radius 2 is 1.88 bits per heavy atom. The first kappa shape index (κ1) is 14.2. The molecule has 0 spiro atoms. The molecule has 0 aliphatic rings. The molecule has 0 heterocycles. The zero-order valence-electron chi connectivity index (χ0n) is 11.0. The van der Waals surface area contributed by atoms with Crippen molar-refractivity contribution < 1.29 is 5.11 Å². The summed E-state index contributed by atoms with van der Waals surface area (Å²) in [6.45, 7) is 5.15. The van der Waals surface area contributed by atoms with Gasteiger partial charge in [0.15, 0.2) is 0 Å². The summed E-state index contributed by atoms with van der Waals surface area (Å²) in [5.74, 6) is 0.687. The van der Waals surface area contributed by atoms with E-state index >= 15 is 0 Å². The van der Waals surface area contributed by atoms with Gasteiger partial charge in [0.2, 0.25) is 0 Å². The number of nitrogens with two attached hydrogens (primary N) is 1. The van der Waals surface area contributed by atoms with Crippen LogP contribution in [0.25, 0.3) is 0 Å². The van der Waals surface area contributed by atoms with Crippen LogP contribution in [0.15, 0.2) is 24.3 Å². The Balaban J connectivity index is 2.59. The lowest BCUT2D eigenvalue weighted by molar-refractivity contribution is 0.217. The van der Waals surface area contributed by atoms with Gasteiger partial charge in [0.05, 0.1) is 0 Å². The molecule has 2 heteroatoms. The molecule has 0 aliphatic carbocycles. The van der Waals surface area contributed by atoms with E-state index in [1.165, 1.54) is 17.5 Å². The fourth-order valence-corrected chi connectivity index (χ4v) is 2.18. The maximum Gasteiger partial charge on any atom is 0.0471 e. The van der Waals surface area contributed by atoms with Gasteiger partial charge in [0, 0.05) is 6.61 Å². The van der Waals surface area contributed by atoms with Gasteiger partial charge in [-0.15, -0.1) is 0 Å². The van der Waals surface area contributed by atoms with Crippen molar-refractivity contribution in [1.82, 2.24) is 0 Å². The predicted octanol–water partition coefficient (Wildman–Crippen LogP) is 2.70. The third kappa shape index (κ3) is 4.49. The Bertz CT molecular complexity index is 303. The first-order valence-corrected chi connectivity index (χ1v) is 6.61. The topological polar surface area (TPSA) is 46.2 Å². The van der Waals surface area contributed by atoms with Crippen molar-refractivity contribution in [3.05, 3.63) is 35.4 Å². The quantitative estimate of drug-likeness (QED) is 0.763. The minimum absolute atomic E-state index is 0.189. The van der Waals surface area contributed by atoms with Crippen LogP contribution in [-0.4, -0.2) is 18.3 Å². The van der Waals surface area contributed by atoms with Gasteiger partial charge in [-0.3, -0.25) is 0 Å². The minimum atomic E-state index is 0.189. The SMILES string of the molecule is CCCc1ccc(C(C)CC(CN)CO)cc1. The van der Waals surface area contributed by atoms with Gasteiger partial charge in [0.1, 0.15) is 0 Å². The fraction of sp³-hybridized carbons (Fsp3) is 0.600. The molecule has 0 aliphatic heterocycles. The number of rotatable bonds is 7. The molecule has 3 N–H and O–H groups in total. The standard InChI is InChI=1S/C15H25NO/c1-3-4-13-5-7-15(8-6-13)12(2)9-14(10-16)11-17/h5-8,12,14,17H,3-4,9-11,16H2,1-2H3. The molecule has 0 radical (unpaired) electrons. The molecule has 1 rings (SSSR count). The molecule has 2 unspecified atom stereocenters. The fourth-order valence-electron chi connectivity index (χ4n) is 2.18. The van der Waals surface area contributed by atoms with Crippen molar-refractivity contribution in [2.75, 3.05) is 13.2 Å². The minimum Gasteiger partial charge on any atom is -0.396 e. The van der Waals surface area contributed by atoms with Crippen molar-refractivity contribution in [2.24, 2.45) is 11.7 Å². The molecule has 1 aromatic rings. The average Bonchev–Trinajstić information content (AvgIpc) is 2.37. The monoisotopic (exact) mass is 235 g/mol. The summed E-state index contributed by atoms with van der Waals surface area (Å²) in [4.78, 5) is 0. The zero-order valence-corrected chi connectivity index (χ0v) is 11.0. The molecule has 0 bridgehead atoms. The zero-order chi connectivity index (χ0) is 12.7. The second-order valence-corrected chi connectivity index (χ2v) is 4.91. The van der Waals surface area contributed by atoms with Crippen molar-refractivity contribution in [2.45, 2.75) is 39.0 Å². The molecule has 0 saturated heterocycles. The second-order valence-electron chi connectivity index (χ2n) is 4.91. The Morgan fingerprint density at radius 1 is 1.24 bits per heavy atom. The Morgan fingerprint density at radius 3 is 2.35 bits per heavy atom. The van der Waals surface area contributed by atoms with Crippen molar-refractivity contribution in [1.29, 1.82) is 0 Å². The number of benzene rings is 1. The van der Waals surface area contributed by atoms with Gasteiger partial charge in [-0.1, -0.05) is 44.5 Å². The van der Waals surface area contributed by atoms with E-state index in [2.05, 4.69) is 38.1 Å². The molecule has 2 nitrogen and oxygen atoms in total. The van der Waals surface area contributed by atoms with Crippen LogP contribution >= 0.6 is 0 Å². The lowest BCUT2D eigenvalue weighted by atomic mass is 9.90. The highest BCUT2D eigenvalue weighted by Gasteiger charge is 2.12. The van der Waals surface area contributed by atoms with E-state index in [0.717, 1.165) is 12.8 Å². The average molecular weight is 235 g/mol. The Kier molecular flexibility index (Phi) is 6.23. The van der Waals surface area contributed by atoms with Gasteiger partial charge in [-0.05, 0) is 42.3 Å². The molecule has 0 saturated carbocycles. The Hall–Kier alpha value is -0.860. The maximum absolute atomic E-state index is 9.16. The Labute approximate surface area is 105 Å². The van der Waals surface area contributed by atoms with Gasteiger partial charge in [-0.25, -0.2) is 0 Å². The third-order valence-corrected chi connectivity index (χ3v) is 3.37. The van der Waals surface area contributed by atoms with Crippen LogP contribution in [0.4, 0.5) is 0 Å². The van der Waals surface area contributed by atoms with Crippen LogP contribution in [0.3, 0.4) is 0 Å². The molecule has 96 valence electrons. The highest BCUT2D eigenvalue weighted by molar-refractivity contribution is 5.25. The number of hydrogen-bond acceptors (Lipinski definition) is 2. The summed E-state index contributed by atoms with van der Waals surface area (Å²) in [6.07, 6.45) is 3.30. The van der Waals surface area contributed by atoms with Crippen molar-refractivity contribution in [3.8, 4) is 0 Å². The van der Waals surface area contributed by atoms with E-state index in [0.29, 0.717) is 12.5 Å². The molecule has 1 aromatic carbocycles. The van der Waals surface area contributed by atoms with Crippen molar-refractivity contribution in [3.63, 3.8) is 0 Å². The predicted molar refractivity (Wildman–Crippen MR) is 73.1 cm³/mol. The molecular formula is C15H25NO. The van der Waals surface area contributed by atoms with Crippen LogP contribution in [0.2, 0.25) is 0 Å². The van der Waals surface area contributed by atoms with Crippen LogP contribution in [0, 0.1) is 5.92 Å². The van der Waals surface area contributed by atoms with Crippen LogP contribution in [0.5, 0.6) is 0 Å².